The molecular formula is C16H21N3O4. The lowest BCUT2D eigenvalue weighted by atomic mass is 9.88. The highest BCUT2D eigenvalue weighted by Crippen LogP contribution is 2.17. The predicted octanol–water partition coefficient (Wildman–Crippen LogP) is 1.53. The zero-order valence-corrected chi connectivity index (χ0v) is 13.7. The minimum Gasteiger partial charge on any atom is -0.464 e. The van der Waals surface area contributed by atoms with Crippen molar-refractivity contribution in [1.29, 1.82) is 0 Å². The number of nitrogen functional groups attached to an aromatic ring is 1. The van der Waals surface area contributed by atoms with Crippen molar-refractivity contribution in [3.05, 3.63) is 29.8 Å². The Balaban J connectivity index is 2.88. The number of nitrogens with two attached hydrogens (primary N) is 1. The number of esters is 1. The Bertz CT molecular complexity index is 628. The van der Waals surface area contributed by atoms with Gasteiger partial charge in [0.15, 0.2) is 5.71 Å². The Kier molecular flexibility index (Phi) is 6.01. The molecule has 0 aliphatic heterocycles. The molecule has 7 heteroatoms. The smallest absolute Gasteiger partial charge is 0.354 e. The van der Waals surface area contributed by atoms with Gasteiger partial charge in [-0.3, -0.25) is 9.59 Å². The SMILES string of the molecule is COC(=O)/C(CC(=O)C(C)(C)C)=N/NC(=O)c1ccc(N)cc1. The van der Waals surface area contributed by atoms with E-state index in [2.05, 4.69) is 15.3 Å². The van der Waals surface area contributed by atoms with Crippen LogP contribution in [0, 0.1) is 5.41 Å². The maximum atomic E-state index is 12.0. The number of nitrogens with one attached hydrogen (secondary N) is 1. The number of amides is 1. The number of nitrogens with zero attached hydrogens (tertiary/aromatic N) is 1. The lowest BCUT2D eigenvalue weighted by Gasteiger charge is -2.16. The normalized spacial score (nSPS) is 11.7. The van der Waals surface area contributed by atoms with Crippen molar-refractivity contribution in [2.45, 2.75) is 27.2 Å². The van der Waals surface area contributed by atoms with Crippen LogP contribution in [0.2, 0.25) is 0 Å². The molecule has 0 aromatic heterocycles. The Morgan fingerprint density at radius 3 is 2.22 bits per heavy atom. The predicted molar refractivity (Wildman–Crippen MR) is 86.9 cm³/mol. The van der Waals surface area contributed by atoms with Crippen molar-refractivity contribution in [3.8, 4) is 0 Å². The topological polar surface area (TPSA) is 111 Å². The molecule has 0 fully saturated rings. The van der Waals surface area contributed by atoms with Crippen LogP contribution in [0.15, 0.2) is 29.4 Å². The van der Waals surface area contributed by atoms with E-state index in [1.165, 1.54) is 19.2 Å². The molecule has 0 saturated heterocycles. The number of carbonyl (C=O) groups is 3. The number of hydrogen-bond acceptors (Lipinski definition) is 6. The minimum atomic E-state index is -0.764. The number of hydrazone groups is 1. The Morgan fingerprint density at radius 2 is 1.74 bits per heavy atom. The van der Waals surface area contributed by atoms with Crippen molar-refractivity contribution >= 4 is 29.1 Å². The van der Waals surface area contributed by atoms with Gasteiger partial charge in [-0.2, -0.15) is 5.10 Å². The van der Waals surface area contributed by atoms with Crippen molar-refractivity contribution in [3.63, 3.8) is 0 Å². The van der Waals surface area contributed by atoms with E-state index in [9.17, 15) is 14.4 Å². The lowest BCUT2D eigenvalue weighted by molar-refractivity contribution is -0.134. The molecule has 1 rings (SSSR count). The first-order valence-corrected chi connectivity index (χ1v) is 6.99. The maximum Gasteiger partial charge on any atom is 0.354 e. The third-order valence-electron chi connectivity index (χ3n) is 3.05. The van der Waals surface area contributed by atoms with Crippen LogP contribution in [0.25, 0.3) is 0 Å². The van der Waals surface area contributed by atoms with Crippen LogP contribution >= 0.6 is 0 Å². The zero-order chi connectivity index (χ0) is 17.6. The molecule has 0 radical (unpaired) electrons. The summed E-state index contributed by atoms with van der Waals surface area (Å²) in [4.78, 5) is 35.7. The third-order valence-corrected chi connectivity index (χ3v) is 3.05. The summed E-state index contributed by atoms with van der Waals surface area (Å²) in [5.41, 5.74) is 7.86. The van der Waals surface area contributed by atoms with Gasteiger partial charge in [0.2, 0.25) is 0 Å². The monoisotopic (exact) mass is 319 g/mol. The average Bonchev–Trinajstić information content (AvgIpc) is 2.49. The van der Waals surface area contributed by atoms with E-state index in [1.54, 1.807) is 32.9 Å². The fraction of sp³-hybridized carbons (Fsp3) is 0.375. The first-order valence-electron chi connectivity index (χ1n) is 6.99. The highest BCUT2D eigenvalue weighted by Gasteiger charge is 2.26. The standard InChI is InChI=1S/C16H21N3O4/c1-16(2,3)13(20)9-12(15(22)23-4)18-19-14(21)10-5-7-11(17)8-6-10/h5-8H,9,17H2,1-4H3,(H,19,21)/b18-12+. The summed E-state index contributed by atoms with van der Waals surface area (Å²) in [7, 11) is 1.18. The van der Waals surface area contributed by atoms with Gasteiger partial charge in [-0.15, -0.1) is 0 Å². The number of ether oxygens (including phenoxy) is 1. The van der Waals surface area contributed by atoms with Gasteiger partial charge in [-0.25, -0.2) is 10.2 Å². The molecule has 23 heavy (non-hydrogen) atoms. The Morgan fingerprint density at radius 1 is 1.17 bits per heavy atom. The number of ketones is 1. The number of carbonyl (C=O) groups excluding carboxylic acids is 3. The summed E-state index contributed by atoms with van der Waals surface area (Å²) in [5.74, 6) is -1.47. The molecule has 1 aromatic carbocycles. The molecule has 1 aromatic rings. The van der Waals surface area contributed by atoms with E-state index < -0.39 is 17.3 Å². The summed E-state index contributed by atoms with van der Waals surface area (Å²) >= 11 is 0. The molecule has 0 aliphatic carbocycles. The van der Waals surface area contributed by atoms with E-state index in [1.807, 2.05) is 0 Å². The van der Waals surface area contributed by atoms with Gasteiger partial charge in [-0.05, 0) is 24.3 Å². The summed E-state index contributed by atoms with van der Waals surface area (Å²) in [6.45, 7) is 5.20. The van der Waals surface area contributed by atoms with Gasteiger partial charge in [0.25, 0.3) is 5.91 Å². The summed E-state index contributed by atoms with van der Waals surface area (Å²) in [6.07, 6.45) is -0.224. The van der Waals surface area contributed by atoms with E-state index in [0.717, 1.165) is 0 Å². The minimum absolute atomic E-state index is 0.156. The van der Waals surface area contributed by atoms with Crippen molar-refractivity contribution in [2.75, 3.05) is 12.8 Å². The van der Waals surface area contributed by atoms with Crippen LogP contribution in [0.4, 0.5) is 5.69 Å². The molecule has 0 heterocycles. The molecule has 7 nitrogen and oxygen atoms in total. The summed E-state index contributed by atoms with van der Waals surface area (Å²) < 4.78 is 4.59. The molecule has 0 spiro atoms. The second-order valence-corrected chi connectivity index (χ2v) is 5.96. The molecule has 0 atom stereocenters. The zero-order valence-electron chi connectivity index (χ0n) is 13.7. The van der Waals surface area contributed by atoms with E-state index in [-0.39, 0.29) is 17.9 Å². The van der Waals surface area contributed by atoms with Crippen LogP contribution in [0.1, 0.15) is 37.6 Å². The van der Waals surface area contributed by atoms with Gasteiger partial charge in [0.05, 0.1) is 13.5 Å². The van der Waals surface area contributed by atoms with Gasteiger partial charge in [-0.1, -0.05) is 20.8 Å². The van der Waals surface area contributed by atoms with Gasteiger partial charge in [0, 0.05) is 16.7 Å². The van der Waals surface area contributed by atoms with Crippen LogP contribution in [-0.2, 0) is 14.3 Å². The van der Waals surface area contributed by atoms with Crippen molar-refractivity contribution in [1.82, 2.24) is 5.43 Å². The van der Waals surface area contributed by atoms with Crippen molar-refractivity contribution in [2.24, 2.45) is 10.5 Å². The fourth-order valence-electron chi connectivity index (χ4n) is 1.51. The van der Waals surface area contributed by atoms with Gasteiger partial charge < -0.3 is 10.5 Å². The highest BCUT2D eigenvalue weighted by molar-refractivity contribution is 6.40. The summed E-state index contributed by atoms with van der Waals surface area (Å²) in [6, 6.07) is 6.20. The van der Waals surface area contributed by atoms with E-state index >= 15 is 0 Å². The largest absolute Gasteiger partial charge is 0.464 e. The molecule has 0 unspecified atom stereocenters. The number of methoxy groups -OCH3 is 1. The summed E-state index contributed by atoms with van der Waals surface area (Å²) in [5, 5.41) is 3.74. The molecular weight excluding hydrogens is 298 g/mol. The van der Waals surface area contributed by atoms with Crippen LogP contribution in [-0.4, -0.2) is 30.5 Å². The van der Waals surface area contributed by atoms with Crippen LogP contribution in [0.5, 0.6) is 0 Å². The Labute approximate surface area is 134 Å². The maximum absolute atomic E-state index is 12.0. The molecule has 0 bridgehead atoms. The molecule has 3 N–H and O–H groups in total. The van der Waals surface area contributed by atoms with Gasteiger partial charge in [0.1, 0.15) is 5.78 Å². The quantitative estimate of drug-likeness (QED) is 0.370. The van der Waals surface area contributed by atoms with E-state index in [0.29, 0.717) is 11.3 Å². The number of benzene rings is 1. The number of hydrogen-bond donors (Lipinski definition) is 2. The number of rotatable bonds is 5. The third kappa shape index (κ3) is 5.54. The van der Waals surface area contributed by atoms with Crippen LogP contribution < -0.4 is 11.2 Å². The number of anilines is 1. The van der Waals surface area contributed by atoms with Crippen LogP contribution in [0.3, 0.4) is 0 Å². The second-order valence-electron chi connectivity index (χ2n) is 5.96. The first kappa shape index (κ1) is 18.3. The first-order chi connectivity index (χ1) is 10.6. The Hall–Kier alpha value is -2.70. The average molecular weight is 319 g/mol. The van der Waals surface area contributed by atoms with Gasteiger partial charge >= 0.3 is 5.97 Å². The second kappa shape index (κ2) is 7.53. The fourth-order valence-corrected chi connectivity index (χ4v) is 1.51. The molecule has 0 aliphatic rings. The molecule has 0 saturated carbocycles. The molecule has 124 valence electrons. The lowest BCUT2D eigenvalue weighted by Crippen LogP contribution is -2.30. The molecule has 1 amide bonds. The van der Waals surface area contributed by atoms with Crippen molar-refractivity contribution < 1.29 is 19.1 Å². The highest BCUT2D eigenvalue weighted by atomic mass is 16.5. The number of Topliss-reactive ketones (excluding diaryl/α,β-unsaturated/α-hetero) is 1. The van der Waals surface area contributed by atoms with E-state index in [4.69, 9.17) is 5.73 Å².